The maximum absolute atomic E-state index is 12.1. The number of phenolic OH excluding ortho intramolecular Hbond substituents is 1. The largest absolute Gasteiger partial charge is 0.506 e. The van der Waals surface area contributed by atoms with Crippen molar-refractivity contribution in [2.75, 3.05) is 4.72 Å². The van der Waals surface area contributed by atoms with Crippen molar-refractivity contribution in [1.29, 1.82) is 0 Å². The molecule has 0 unspecified atom stereocenters. The second-order valence-electron chi connectivity index (χ2n) is 3.32. The van der Waals surface area contributed by atoms with E-state index in [1.165, 1.54) is 18.2 Å². The first-order valence-corrected chi connectivity index (χ1v) is 8.18. The van der Waals surface area contributed by atoms with Crippen molar-refractivity contribution in [3.05, 3.63) is 39.1 Å². The topological polar surface area (TPSA) is 66.4 Å². The molecule has 4 nitrogen and oxygen atoms in total. The standard InChI is InChI=1S/C10H7BrClNO3S2/c11-7-3-4-17-10(7)18(15,16)13-8-5-6(12)1-2-9(8)14/h1-5,13-14H. The van der Waals surface area contributed by atoms with Crippen molar-refractivity contribution in [3.8, 4) is 5.75 Å². The Morgan fingerprint density at radius 1 is 1.33 bits per heavy atom. The number of nitrogens with one attached hydrogen (secondary N) is 1. The molecule has 2 N–H and O–H groups in total. The van der Waals surface area contributed by atoms with Crippen molar-refractivity contribution < 1.29 is 13.5 Å². The van der Waals surface area contributed by atoms with Gasteiger partial charge in [0.2, 0.25) is 0 Å². The Morgan fingerprint density at radius 3 is 2.67 bits per heavy atom. The van der Waals surface area contributed by atoms with Gasteiger partial charge < -0.3 is 5.11 Å². The lowest BCUT2D eigenvalue weighted by Gasteiger charge is -2.08. The number of phenols is 1. The molecule has 0 bridgehead atoms. The van der Waals surface area contributed by atoms with Crippen LogP contribution in [-0.4, -0.2) is 13.5 Å². The molecule has 96 valence electrons. The molecule has 1 aromatic carbocycles. The van der Waals surface area contributed by atoms with E-state index in [0.29, 0.717) is 9.50 Å². The quantitative estimate of drug-likeness (QED) is 0.812. The Hall–Kier alpha value is -0.760. The zero-order valence-electron chi connectivity index (χ0n) is 8.72. The van der Waals surface area contributed by atoms with Crippen LogP contribution in [0.5, 0.6) is 5.75 Å². The molecule has 2 aromatic rings. The van der Waals surface area contributed by atoms with E-state index < -0.39 is 10.0 Å². The van der Waals surface area contributed by atoms with Crippen LogP contribution < -0.4 is 4.72 Å². The fourth-order valence-corrected chi connectivity index (χ4v) is 4.83. The third-order valence-electron chi connectivity index (χ3n) is 2.03. The summed E-state index contributed by atoms with van der Waals surface area (Å²) >= 11 is 9.97. The average Bonchev–Trinajstić information content (AvgIpc) is 2.70. The van der Waals surface area contributed by atoms with Gasteiger partial charge in [-0.15, -0.1) is 11.3 Å². The van der Waals surface area contributed by atoms with Crippen LogP contribution in [0.2, 0.25) is 5.02 Å². The minimum Gasteiger partial charge on any atom is -0.506 e. The SMILES string of the molecule is O=S(=O)(Nc1cc(Cl)ccc1O)c1sccc1Br. The molecule has 0 aliphatic rings. The summed E-state index contributed by atoms with van der Waals surface area (Å²) in [6.07, 6.45) is 0. The fourth-order valence-electron chi connectivity index (χ4n) is 1.25. The number of hydrogen-bond acceptors (Lipinski definition) is 4. The van der Waals surface area contributed by atoms with Gasteiger partial charge in [0, 0.05) is 9.50 Å². The molecule has 0 saturated heterocycles. The van der Waals surface area contributed by atoms with Crippen LogP contribution in [0.1, 0.15) is 0 Å². The summed E-state index contributed by atoms with van der Waals surface area (Å²) in [5.74, 6) is -0.185. The van der Waals surface area contributed by atoms with E-state index in [4.69, 9.17) is 11.6 Å². The van der Waals surface area contributed by atoms with Crippen LogP contribution in [0.15, 0.2) is 38.3 Å². The third-order valence-corrected chi connectivity index (χ3v) is 6.30. The molecular formula is C10H7BrClNO3S2. The highest BCUT2D eigenvalue weighted by Crippen LogP contribution is 2.32. The molecule has 0 fully saturated rings. The highest BCUT2D eigenvalue weighted by atomic mass is 79.9. The summed E-state index contributed by atoms with van der Waals surface area (Å²) in [7, 11) is -3.74. The van der Waals surface area contributed by atoms with Gasteiger partial charge in [0.05, 0.1) is 5.69 Å². The van der Waals surface area contributed by atoms with E-state index in [1.54, 1.807) is 11.4 Å². The molecule has 0 amide bonds. The van der Waals surface area contributed by atoms with Gasteiger partial charge in [-0.25, -0.2) is 8.42 Å². The van der Waals surface area contributed by atoms with E-state index >= 15 is 0 Å². The second-order valence-corrected chi connectivity index (χ2v) is 7.41. The van der Waals surface area contributed by atoms with Gasteiger partial charge in [0.15, 0.2) is 4.21 Å². The fraction of sp³-hybridized carbons (Fsp3) is 0. The van der Waals surface area contributed by atoms with Gasteiger partial charge in [-0.2, -0.15) is 0 Å². The third kappa shape index (κ3) is 2.80. The first-order chi connectivity index (χ1) is 8.40. The first-order valence-electron chi connectivity index (χ1n) is 4.64. The van der Waals surface area contributed by atoms with E-state index in [0.717, 1.165) is 11.3 Å². The molecule has 1 heterocycles. The van der Waals surface area contributed by atoms with Crippen molar-refractivity contribution in [3.63, 3.8) is 0 Å². The molecule has 1 aromatic heterocycles. The predicted molar refractivity (Wildman–Crippen MR) is 75.9 cm³/mol. The van der Waals surface area contributed by atoms with Crippen molar-refractivity contribution >= 4 is 54.6 Å². The van der Waals surface area contributed by atoms with E-state index in [1.807, 2.05) is 0 Å². The Kier molecular flexibility index (Phi) is 3.86. The zero-order chi connectivity index (χ0) is 13.3. The van der Waals surface area contributed by atoms with Gasteiger partial charge in [0.1, 0.15) is 5.75 Å². The molecule has 0 spiro atoms. The molecule has 0 saturated carbocycles. The predicted octanol–water partition coefficient (Wildman–Crippen LogP) is 3.67. The molecule has 0 atom stereocenters. The summed E-state index contributed by atoms with van der Waals surface area (Å²) in [4.78, 5) is 0. The number of halogens is 2. The van der Waals surface area contributed by atoms with E-state index in [-0.39, 0.29) is 15.6 Å². The van der Waals surface area contributed by atoms with Crippen LogP contribution in [0.4, 0.5) is 5.69 Å². The Bertz CT molecular complexity index is 684. The number of benzene rings is 1. The van der Waals surface area contributed by atoms with Gasteiger partial charge in [-0.1, -0.05) is 11.6 Å². The number of sulfonamides is 1. The Labute approximate surface area is 121 Å². The molecule has 0 radical (unpaired) electrons. The first kappa shape index (κ1) is 13.7. The minimum atomic E-state index is -3.74. The van der Waals surface area contributed by atoms with Crippen molar-refractivity contribution in [2.24, 2.45) is 0 Å². The van der Waals surface area contributed by atoms with Crippen molar-refractivity contribution in [1.82, 2.24) is 0 Å². The molecule has 18 heavy (non-hydrogen) atoms. The van der Waals surface area contributed by atoms with Crippen molar-refractivity contribution in [2.45, 2.75) is 4.21 Å². The molecular weight excluding hydrogens is 362 g/mol. The number of aromatic hydroxyl groups is 1. The van der Waals surface area contributed by atoms with Crippen LogP contribution in [0.3, 0.4) is 0 Å². The summed E-state index contributed by atoms with van der Waals surface area (Å²) in [6, 6.07) is 5.77. The highest BCUT2D eigenvalue weighted by molar-refractivity contribution is 9.10. The van der Waals surface area contributed by atoms with E-state index in [9.17, 15) is 13.5 Å². The Balaban J connectivity index is 2.40. The highest BCUT2D eigenvalue weighted by Gasteiger charge is 2.20. The van der Waals surface area contributed by atoms with E-state index in [2.05, 4.69) is 20.7 Å². The molecule has 2 rings (SSSR count). The average molecular weight is 369 g/mol. The lowest BCUT2D eigenvalue weighted by molar-refractivity contribution is 0.477. The number of anilines is 1. The smallest absolute Gasteiger partial charge is 0.272 e. The van der Waals surface area contributed by atoms with Crippen LogP contribution >= 0.6 is 38.9 Å². The van der Waals surface area contributed by atoms with Crippen LogP contribution in [-0.2, 0) is 10.0 Å². The van der Waals surface area contributed by atoms with Crippen LogP contribution in [0, 0.1) is 0 Å². The normalized spacial score (nSPS) is 11.4. The number of thiophene rings is 1. The van der Waals surface area contributed by atoms with Crippen LogP contribution in [0.25, 0.3) is 0 Å². The maximum atomic E-state index is 12.1. The summed E-state index contributed by atoms with van der Waals surface area (Å²) in [5, 5.41) is 11.5. The summed E-state index contributed by atoms with van der Waals surface area (Å²) < 4.78 is 27.0. The Morgan fingerprint density at radius 2 is 2.06 bits per heavy atom. The molecule has 8 heteroatoms. The monoisotopic (exact) mass is 367 g/mol. The maximum Gasteiger partial charge on any atom is 0.272 e. The molecule has 0 aliphatic carbocycles. The second kappa shape index (κ2) is 5.08. The summed E-state index contributed by atoms with van der Waals surface area (Å²) in [5.41, 5.74) is 0.0443. The van der Waals surface area contributed by atoms with Gasteiger partial charge in [-0.3, -0.25) is 4.72 Å². The lowest BCUT2D eigenvalue weighted by atomic mass is 10.3. The van der Waals surface area contributed by atoms with Gasteiger partial charge in [-0.05, 0) is 45.6 Å². The lowest BCUT2D eigenvalue weighted by Crippen LogP contribution is -2.12. The summed E-state index contributed by atoms with van der Waals surface area (Å²) in [6.45, 7) is 0. The number of hydrogen-bond donors (Lipinski definition) is 2. The van der Waals surface area contributed by atoms with Gasteiger partial charge in [0.25, 0.3) is 10.0 Å². The van der Waals surface area contributed by atoms with Gasteiger partial charge >= 0.3 is 0 Å². The molecule has 0 aliphatic heterocycles. The number of rotatable bonds is 3. The zero-order valence-corrected chi connectivity index (χ0v) is 12.7. The minimum absolute atomic E-state index is 0.0443.